The summed E-state index contributed by atoms with van der Waals surface area (Å²) in [5.41, 5.74) is 1.81. The number of halogens is 3. The summed E-state index contributed by atoms with van der Waals surface area (Å²) in [6.45, 7) is 0. The van der Waals surface area contributed by atoms with Gasteiger partial charge in [0, 0.05) is 23.5 Å². The van der Waals surface area contributed by atoms with E-state index in [4.69, 9.17) is 14.2 Å². The number of nitriles is 1. The van der Waals surface area contributed by atoms with Crippen molar-refractivity contribution < 1.29 is 32.1 Å². The van der Waals surface area contributed by atoms with Gasteiger partial charge >= 0.3 is 6.36 Å². The van der Waals surface area contributed by atoms with E-state index in [0.29, 0.717) is 45.7 Å². The molecule has 0 bridgehead atoms. The van der Waals surface area contributed by atoms with Gasteiger partial charge in [-0.25, -0.2) is 9.50 Å². The number of ether oxygens (including phenoxy) is 4. The first-order valence-corrected chi connectivity index (χ1v) is 9.71. The van der Waals surface area contributed by atoms with Crippen LogP contribution in [0, 0.1) is 11.3 Å². The largest absolute Gasteiger partial charge is 0.573 e. The Balaban J connectivity index is 1.87. The van der Waals surface area contributed by atoms with Gasteiger partial charge in [-0.1, -0.05) is 6.07 Å². The van der Waals surface area contributed by atoms with E-state index in [0.717, 1.165) is 0 Å². The van der Waals surface area contributed by atoms with Crippen molar-refractivity contribution in [3.8, 4) is 40.3 Å². The summed E-state index contributed by atoms with van der Waals surface area (Å²) in [6, 6.07) is 10.7. The van der Waals surface area contributed by atoms with Crippen LogP contribution in [-0.2, 0) is 0 Å². The number of rotatable bonds is 7. The van der Waals surface area contributed by atoms with Crippen LogP contribution in [0.2, 0.25) is 0 Å². The van der Waals surface area contributed by atoms with E-state index in [1.807, 2.05) is 6.07 Å². The molecule has 9 nitrogen and oxygen atoms in total. The molecule has 2 heterocycles. The average Bonchev–Trinajstić information content (AvgIpc) is 3.37. The van der Waals surface area contributed by atoms with Crippen LogP contribution in [-0.4, -0.2) is 42.3 Å². The highest BCUT2D eigenvalue weighted by molar-refractivity contribution is 5.83. The first kappa shape index (κ1) is 22.7. The van der Waals surface area contributed by atoms with Gasteiger partial charge in [-0.2, -0.15) is 5.26 Å². The van der Waals surface area contributed by atoms with Gasteiger partial charge in [0.2, 0.25) is 5.75 Å². The maximum atomic E-state index is 12.7. The predicted octanol–water partition coefficient (Wildman–Crippen LogP) is 4.87. The van der Waals surface area contributed by atoms with Crippen molar-refractivity contribution in [2.24, 2.45) is 0 Å². The van der Waals surface area contributed by atoms with Crippen molar-refractivity contribution in [2.75, 3.05) is 26.6 Å². The van der Waals surface area contributed by atoms with Crippen molar-refractivity contribution in [3.63, 3.8) is 0 Å². The van der Waals surface area contributed by atoms with Crippen LogP contribution < -0.4 is 24.3 Å². The van der Waals surface area contributed by atoms with Crippen LogP contribution in [0.25, 0.3) is 16.9 Å². The van der Waals surface area contributed by atoms with Gasteiger partial charge in [0.15, 0.2) is 23.0 Å². The standard InChI is InChI=1S/C22H18F3N5O4/c1-31-16-7-12(8-17(32-2)19(16)33-3)18-21(30-20(29-18)13(10-26)11-27-30)28-14-5-4-6-15(9-14)34-22(23,24)25/h4-9,11,27-28H,1-3H3. The minimum atomic E-state index is -4.83. The molecule has 0 aliphatic carbocycles. The number of methoxy groups -OCH3 is 3. The summed E-state index contributed by atoms with van der Waals surface area (Å²) in [6.07, 6.45) is -3.36. The number of hydrogen-bond acceptors (Lipinski definition) is 7. The molecule has 0 radical (unpaired) electrons. The zero-order chi connectivity index (χ0) is 24.5. The topological polar surface area (TPSA) is 106 Å². The molecule has 0 atom stereocenters. The van der Waals surface area contributed by atoms with Crippen molar-refractivity contribution in [1.82, 2.24) is 14.6 Å². The lowest BCUT2D eigenvalue weighted by atomic mass is 10.1. The minimum absolute atomic E-state index is 0.274. The second-order valence-electron chi connectivity index (χ2n) is 6.88. The van der Waals surface area contributed by atoms with Crippen molar-refractivity contribution >= 4 is 17.2 Å². The molecule has 0 amide bonds. The van der Waals surface area contributed by atoms with Gasteiger partial charge in [0.05, 0.1) is 21.3 Å². The summed E-state index contributed by atoms with van der Waals surface area (Å²) in [5.74, 6) is 1.09. The molecule has 34 heavy (non-hydrogen) atoms. The molecular weight excluding hydrogens is 455 g/mol. The monoisotopic (exact) mass is 473 g/mol. The van der Waals surface area contributed by atoms with E-state index in [1.54, 1.807) is 18.2 Å². The summed E-state index contributed by atoms with van der Waals surface area (Å²) >= 11 is 0. The number of fused-ring (bicyclic) bond motifs is 1. The molecule has 0 saturated carbocycles. The molecule has 0 fully saturated rings. The van der Waals surface area contributed by atoms with Crippen LogP contribution in [0.5, 0.6) is 23.0 Å². The number of imidazole rings is 1. The van der Waals surface area contributed by atoms with E-state index in [2.05, 4.69) is 20.1 Å². The Kier molecular flexibility index (Phi) is 5.85. The van der Waals surface area contributed by atoms with Gasteiger partial charge in [0.25, 0.3) is 0 Å². The van der Waals surface area contributed by atoms with E-state index < -0.39 is 12.1 Å². The molecule has 4 rings (SSSR count). The molecule has 0 saturated heterocycles. The third kappa shape index (κ3) is 4.23. The number of alkyl halides is 3. The maximum Gasteiger partial charge on any atom is 0.573 e. The first-order valence-electron chi connectivity index (χ1n) is 9.71. The predicted molar refractivity (Wildman–Crippen MR) is 116 cm³/mol. The molecule has 2 aromatic heterocycles. The number of nitrogens with one attached hydrogen (secondary N) is 2. The first-order chi connectivity index (χ1) is 16.3. The zero-order valence-electron chi connectivity index (χ0n) is 18.1. The second kappa shape index (κ2) is 8.78. The molecule has 12 heteroatoms. The van der Waals surface area contributed by atoms with Gasteiger partial charge in [-0.3, -0.25) is 5.10 Å². The summed E-state index contributed by atoms with van der Waals surface area (Å²) in [7, 11) is 4.41. The Hall–Kier alpha value is -4.53. The van der Waals surface area contributed by atoms with Crippen molar-refractivity contribution in [3.05, 3.63) is 48.2 Å². The molecule has 0 unspecified atom stereocenters. The van der Waals surface area contributed by atoms with Crippen LogP contribution in [0.1, 0.15) is 5.56 Å². The van der Waals surface area contributed by atoms with Crippen LogP contribution in [0.15, 0.2) is 42.6 Å². The molecule has 2 N–H and O–H groups in total. The van der Waals surface area contributed by atoms with E-state index in [-0.39, 0.29) is 5.56 Å². The molecular formula is C22H18F3N5O4. The summed E-state index contributed by atoms with van der Waals surface area (Å²) < 4.78 is 59.7. The number of aromatic nitrogens is 3. The SMILES string of the molecule is COc1cc(-c2nc3c(C#N)c[nH]n3c2Nc2cccc(OC(F)(F)F)c2)cc(OC)c1OC. The Labute approximate surface area is 191 Å². The number of nitrogens with zero attached hydrogens (tertiary/aromatic N) is 3. The summed E-state index contributed by atoms with van der Waals surface area (Å²) in [4.78, 5) is 4.58. The van der Waals surface area contributed by atoms with Crippen LogP contribution in [0.4, 0.5) is 24.7 Å². The van der Waals surface area contributed by atoms with E-state index in [1.165, 1.54) is 50.2 Å². The van der Waals surface area contributed by atoms with Crippen molar-refractivity contribution in [2.45, 2.75) is 6.36 Å². The van der Waals surface area contributed by atoms with Gasteiger partial charge in [0.1, 0.15) is 23.1 Å². The number of hydrogen-bond donors (Lipinski definition) is 2. The third-order valence-electron chi connectivity index (χ3n) is 4.85. The van der Waals surface area contributed by atoms with Gasteiger partial charge in [-0.05, 0) is 24.3 Å². The lowest BCUT2D eigenvalue weighted by Gasteiger charge is -2.15. The fourth-order valence-electron chi connectivity index (χ4n) is 3.44. The lowest BCUT2D eigenvalue weighted by Crippen LogP contribution is -2.17. The third-order valence-corrected chi connectivity index (χ3v) is 4.85. The van der Waals surface area contributed by atoms with E-state index in [9.17, 15) is 18.4 Å². The van der Waals surface area contributed by atoms with Gasteiger partial charge in [-0.15, -0.1) is 13.2 Å². The molecule has 176 valence electrons. The molecule has 0 aliphatic rings. The Morgan fingerprint density at radius 3 is 2.35 bits per heavy atom. The highest BCUT2D eigenvalue weighted by atomic mass is 19.4. The Bertz CT molecular complexity index is 1360. The minimum Gasteiger partial charge on any atom is -0.493 e. The van der Waals surface area contributed by atoms with Gasteiger partial charge < -0.3 is 24.3 Å². The van der Waals surface area contributed by atoms with Crippen LogP contribution in [0.3, 0.4) is 0 Å². The van der Waals surface area contributed by atoms with E-state index >= 15 is 0 Å². The maximum absolute atomic E-state index is 12.7. The summed E-state index contributed by atoms with van der Waals surface area (Å²) in [5, 5.41) is 15.4. The molecule has 0 spiro atoms. The fourth-order valence-corrected chi connectivity index (χ4v) is 3.44. The normalized spacial score (nSPS) is 11.2. The van der Waals surface area contributed by atoms with Crippen LogP contribution >= 0.6 is 0 Å². The average molecular weight is 473 g/mol. The Morgan fingerprint density at radius 1 is 1.06 bits per heavy atom. The lowest BCUT2D eigenvalue weighted by molar-refractivity contribution is -0.274. The molecule has 2 aromatic carbocycles. The Morgan fingerprint density at radius 2 is 1.76 bits per heavy atom. The zero-order valence-corrected chi connectivity index (χ0v) is 18.1. The number of benzene rings is 2. The fraction of sp³-hybridized carbons (Fsp3) is 0.182. The smallest absolute Gasteiger partial charge is 0.493 e. The highest BCUT2D eigenvalue weighted by Gasteiger charge is 2.31. The quantitative estimate of drug-likeness (QED) is 0.395. The number of aromatic amines is 1. The highest BCUT2D eigenvalue weighted by Crippen LogP contribution is 2.43. The number of anilines is 2. The van der Waals surface area contributed by atoms with Crippen molar-refractivity contribution in [1.29, 1.82) is 5.26 Å². The molecule has 0 aliphatic heterocycles. The molecule has 4 aromatic rings. The second-order valence-corrected chi connectivity index (χ2v) is 6.88. The number of H-pyrrole nitrogens is 1.